The molecule has 0 aliphatic carbocycles. The standard InChI is InChI=1S/C15H15N3O2/c1-10-7-15(17-20-10)16-8-14(19)12-9-18(2)13-6-4-3-5-11(12)13/h3-7,9H,8H2,1-2H3,(H,16,17). The quantitative estimate of drug-likeness (QED) is 0.740. The van der Waals surface area contributed by atoms with Gasteiger partial charge in [-0.15, -0.1) is 0 Å². The van der Waals surface area contributed by atoms with Crippen molar-refractivity contribution in [2.24, 2.45) is 7.05 Å². The van der Waals surface area contributed by atoms with Crippen LogP contribution in [0, 0.1) is 6.92 Å². The minimum absolute atomic E-state index is 0.0300. The van der Waals surface area contributed by atoms with E-state index in [4.69, 9.17) is 4.52 Å². The normalized spacial score (nSPS) is 10.9. The van der Waals surface area contributed by atoms with Gasteiger partial charge in [-0.3, -0.25) is 4.79 Å². The highest BCUT2D eigenvalue weighted by molar-refractivity contribution is 6.09. The van der Waals surface area contributed by atoms with Gasteiger partial charge in [0.2, 0.25) is 0 Å². The number of hydrogen-bond acceptors (Lipinski definition) is 4. The van der Waals surface area contributed by atoms with Crippen LogP contribution in [-0.2, 0) is 7.05 Å². The van der Waals surface area contributed by atoms with Crippen molar-refractivity contribution in [3.63, 3.8) is 0 Å². The maximum absolute atomic E-state index is 12.3. The Bertz CT molecular complexity index is 770. The highest BCUT2D eigenvalue weighted by atomic mass is 16.5. The maximum atomic E-state index is 12.3. The van der Waals surface area contributed by atoms with E-state index in [9.17, 15) is 4.79 Å². The summed E-state index contributed by atoms with van der Waals surface area (Å²) >= 11 is 0. The van der Waals surface area contributed by atoms with Crippen LogP contribution in [-0.4, -0.2) is 22.1 Å². The molecule has 3 rings (SSSR count). The topological polar surface area (TPSA) is 60.1 Å². The molecule has 0 amide bonds. The Hall–Kier alpha value is -2.56. The van der Waals surface area contributed by atoms with Gasteiger partial charge in [0.1, 0.15) is 5.76 Å². The van der Waals surface area contributed by atoms with Crippen LogP contribution in [0.3, 0.4) is 0 Å². The molecule has 0 saturated carbocycles. The van der Waals surface area contributed by atoms with Crippen LogP contribution in [0.5, 0.6) is 0 Å². The molecule has 0 aliphatic heterocycles. The fourth-order valence-corrected chi connectivity index (χ4v) is 2.28. The fraction of sp³-hybridized carbons (Fsp3) is 0.200. The van der Waals surface area contributed by atoms with Gasteiger partial charge in [0.05, 0.1) is 6.54 Å². The summed E-state index contributed by atoms with van der Waals surface area (Å²) in [5.74, 6) is 1.32. The van der Waals surface area contributed by atoms with Gasteiger partial charge in [-0.2, -0.15) is 0 Å². The van der Waals surface area contributed by atoms with Crippen LogP contribution >= 0.6 is 0 Å². The van der Waals surface area contributed by atoms with E-state index >= 15 is 0 Å². The molecule has 0 atom stereocenters. The second kappa shape index (κ2) is 4.85. The molecule has 0 unspecified atom stereocenters. The molecule has 20 heavy (non-hydrogen) atoms. The van der Waals surface area contributed by atoms with Crippen molar-refractivity contribution in [1.29, 1.82) is 0 Å². The van der Waals surface area contributed by atoms with Crippen LogP contribution in [0.25, 0.3) is 10.9 Å². The van der Waals surface area contributed by atoms with E-state index in [1.54, 1.807) is 6.07 Å². The smallest absolute Gasteiger partial charge is 0.184 e. The first-order valence-corrected chi connectivity index (χ1v) is 6.39. The maximum Gasteiger partial charge on any atom is 0.184 e. The Morgan fingerprint density at radius 3 is 2.95 bits per heavy atom. The van der Waals surface area contributed by atoms with Gasteiger partial charge in [0, 0.05) is 35.8 Å². The number of hydrogen-bond donors (Lipinski definition) is 1. The van der Waals surface area contributed by atoms with Crippen molar-refractivity contribution in [1.82, 2.24) is 9.72 Å². The lowest BCUT2D eigenvalue weighted by atomic mass is 10.1. The van der Waals surface area contributed by atoms with Crippen LogP contribution in [0.2, 0.25) is 0 Å². The SMILES string of the molecule is Cc1cc(NCC(=O)c2cn(C)c3ccccc23)no1. The number of nitrogens with zero attached hydrogens (tertiary/aromatic N) is 2. The molecule has 102 valence electrons. The largest absolute Gasteiger partial charge is 0.360 e. The van der Waals surface area contributed by atoms with E-state index < -0.39 is 0 Å². The van der Waals surface area contributed by atoms with Crippen molar-refractivity contribution in [2.45, 2.75) is 6.92 Å². The Morgan fingerprint density at radius 2 is 2.20 bits per heavy atom. The Kier molecular flexibility index (Phi) is 3.02. The van der Waals surface area contributed by atoms with Crippen molar-refractivity contribution in [3.8, 4) is 0 Å². The van der Waals surface area contributed by atoms with Gasteiger partial charge in [0.25, 0.3) is 0 Å². The van der Waals surface area contributed by atoms with E-state index in [2.05, 4.69) is 10.5 Å². The first kappa shape index (κ1) is 12.5. The lowest BCUT2D eigenvalue weighted by Gasteiger charge is -2.00. The van der Waals surface area contributed by atoms with Gasteiger partial charge in [-0.1, -0.05) is 23.4 Å². The van der Waals surface area contributed by atoms with Gasteiger partial charge in [0.15, 0.2) is 11.6 Å². The van der Waals surface area contributed by atoms with Crippen LogP contribution in [0.1, 0.15) is 16.1 Å². The summed E-state index contributed by atoms with van der Waals surface area (Å²) < 4.78 is 6.91. The number of aromatic nitrogens is 2. The zero-order chi connectivity index (χ0) is 14.1. The van der Waals surface area contributed by atoms with Crippen molar-refractivity contribution in [3.05, 3.63) is 47.9 Å². The van der Waals surface area contributed by atoms with Crippen LogP contribution < -0.4 is 5.32 Å². The summed E-state index contributed by atoms with van der Waals surface area (Å²) in [6.07, 6.45) is 1.86. The number of carbonyl (C=O) groups excluding carboxylic acids is 1. The van der Waals surface area contributed by atoms with Crippen molar-refractivity contribution >= 4 is 22.5 Å². The number of Topliss-reactive ketones (excluding diaryl/α,β-unsaturated/α-hetero) is 1. The molecular formula is C15H15N3O2. The first-order valence-electron chi connectivity index (χ1n) is 6.39. The molecule has 0 bridgehead atoms. The molecule has 5 nitrogen and oxygen atoms in total. The predicted molar refractivity (Wildman–Crippen MR) is 77.0 cm³/mol. The summed E-state index contributed by atoms with van der Waals surface area (Å²) in [5, 5.41) is 7.75. The number of benzene rings is 1. The van der Waals surface area contributed by atoms with Gasteiger partial charge >= 0.3 is 0 Å². The van der Waals surface area contributed by atoms with E-state index in [0.29, 0.717) is 11.6 Å². The Morgan fingerprint density at radius 1 is 1.40 bits per heavy atom. The number of carbonyl (C=O) groups is 1. The molecule has 0 fully saturated rings. The monoisotopic (exact) mass is 269 g/mol. The third-order valence-electron chi connectivity index (χ3n) is 3.26. The molecule has 0 aliphatic rings. The first-order chi connectivity index (χ1) is 9.65. The van der Waals surface area contributed by atoms with Crippen molar-refractivity contribution < 1.29 is 9.32 Å². The van der Waals surface area contributed by atoms with Crippen LogP contribution in [0.4, 0.5) is 5.82 Å². The molecule has 1 N–H and O–H groups in total. The zero-order valence-corrected chi connectivity index (χ0v) is 11.4. The summed E-state index contributed by atoms with van der Waals surface area (Å²) in [6, 6.07) is 9.63. The Labute approximate surface area is 116 Å². The molecule has 0 saturated heterocycles. The lowest BCUT2D eigenvalue weighted by molar-refractivity contribution is 0.101. The Balaban J connectivity index is 1.82. The van der Waals surface area contributed by atoms with E-state index in [1.165, 1.54) is 0 Å². The number of ketones is 1. The molecule has 2 heterocycles. The van der Waals surface area contributed by atoms with Gasteiger partial charge in [-0.05, 0) is 13.0 Å². The third kappa shape index (κ3) is 2.18. The minimum atomic E-state index is 0.0300. The summed E-state index contributed by atoms with van der Waals surface area (Å²) in [4.78, 5) is 12.3. The van der Waals surface area contributed by atoms with Crippen LogP contribution in [0.15, 0.2) is 41.1 Å². The fourth-order valence-electron chi connectivity index (χ4n) is 2.28. The molecule has 3 aromatic rings. The number of rotatable bonds is 4. The van der Waals surface area contributed by atoms with E-state index in [-0.39, 0.29) is 12.3 Å². The second-order valence-corrected chi connectivity index (χ2v) is 4.77. The molecule has 0 radical (unpaired) electrons. The van der Waals surface area contributed by atoms with Crippen molar-refractivity contribution in [2.75, 3.05) is 11.9 Å². The highest BCUT2D eigenvalue weighted by Gasteiger charge is 2.13. The summed E-state index contributed by atoms with van der Waals surface area (Å²) in [7, 11) is 1.94. The number of anilines is 1. The second-order valence-electron chi connectivity index (χ2n) is 4.77. The molecule has 0 spiro atoms. The zero-order valence-electron chi connectivity index (χ0n) is 11.4. The number of para-hydroxylation sites is 1. The lowest BCUT2D eigenvalue weighted by Crippen LogP contribution is -2.13. The molecular weight excluding hydrogens is 254 g/mol. The summed E-state index contributed by atoms with van der Waals surface area (Å²) in [5.41, 5.74) is 1.77. The average Bonchev–Trinajstić information content (AvgIpc) is 3.01. The average molecular weight is 269 g/mol. The molecule has 2 aromatic heterocycles. The van der Waals surface area contributed by atoms with E-state index in [0.717, 1.165) is 16.5 Å². The molecule has 5 heteroatoms. The van der Waals surface area contributed by atoms with E-state index in [1.807, 2.05) is 49.0 Å². The third-order valence-corrected chi connectivity index (χ3v) is 3.26. The highest BCUT2D eigenvalue weighted by Crippen LogP contribution is 2.20. The number of fused-ring (bicyclic) bond motifs is 1. The van der Waals surface area contributed by atoms with Gasteiger partial charge < -0.3 is 14.4 Å². The minimum Gasteiger partial charge on any atom is -0.360 e. The predicted octanol–water partition coefficient (Wildman–Crippen LogP) is 2.77. The number of aryl methyl sites for hydroxylation is 2. The van der Waals surface area contributed by atoms with Gasteiger partial charge in [-0.25, -0.2) is 0 Å². The molecule has 1 aromatic carbocycles. The summed E-state index contributed by atoms with van der Waals surface area (Å²) in [6.45, 7) is 2.00. The number of nitrogens with one attached hydrogen (secondary N) is 1.